The van der Waals surface area contributed by atoms with Gasteiger partial charge in [-0.25, -0.2) is 0 Å². The standard InChI is InChI=1S/C13H29NO/c1-6-14(7-2)11-9-8-10-12-15-13(3,4)5/h6-12H2,1-5H3. The lowest BCUT2D eigenvalue weighted by Gasteiger charge is -2.20. The van der Waals surface area contributed by atoms with E-state index < -0.39 is 0 Å². The van der Waals surface area contributed by atoms with Crippen molar-refractivity contribution in [2.75, 3.05) is 26.2 Å². The molecule has 0 aliphatic rings. The molecule has 0 heterocycles. The van der Waals surface area contributed by atoms with Gasteiger partial charge >= 0.3 is 0 Å². The summed E-state index contributed by atoms with van der Waals surface area (Å²) in [4.78, 5) is 2.48. The first-order valence-corrected chi connectivity index (χ1v) is 6.36. The summed E-state index contributed by atoms with van der Waals surface area (Å²) in [7, 11) is 0. The smallest absolute Gasteiger partial charge is 0.0598 e. The molecular formula is C13H29NO. The maximum Gasteiger partial charge on any atom is 0.0598 e. The highest BCUT2D eigenvalue weighted by Crippen LogP contribution is 2.08. The van der Waals surface area contributed by atoms with Gasteiger partial charge < -0.3 is 9.64 Å². The van der Waals surface area contributed by atoms with Gasteiger partial charge in [0.05, 0.1) is 5.60 Å². The maximum absolute atomic E-state index is 5.68. The molecule has 92 valence electrons. The summed E-state index contributed by atoms with van der Waals surface area (Å²) < 4.78 is 5.68. The van der Waals surface area contributed by atoms with Crippen LogP contribution in [0.15, 0.2) is 0 Å². The molecule has 2 heteroatoms. The highest BCUT2D eigenvalue weighted by atomic mass is 16.5. The zero-order valence-corrected chi connectivity index (χ0v) is 11.3. The zero-order valence-electron chi connectivity index (χ0n) is 11.3. The molecule has 0 amide bonds. The molecule has 0 radical (unpaired) electrons. The van der Waals surface area contributed by atoms with Gasteiger partial charge in [0, 0.05) is 6.61 Å². The molecule has 0 aromatic carbocycles. The molecule has 0 N–H and O–H groups in total. The lowest BCUT2D eigenvalue weighted by Crippen LogP contribution is -2.24. The molecule has 0 atom stereocenters. The molecule has 2 nitrogen and oxygen atoms in total. The first-order chi connectivity index (χ1) is 6.99. The van der Waals surface area contributed by atoms with Crippen LogP contribution in [0.1, 0.15) is 53.9 Å². The third kappa shape index (κ3) is 10.2. The Morgan fingerprint density at radius 1 is 0.933 bits per heavy atom. The van der Waals surface area contributed by atoms with Gasteiger partial charge in [0.25, 0.3) is 0 Å². The van der Waals surface area contributed by atoms with Crippen molar-refractivity contribution in [3.63, 3.8) is 0 Å². The SMILES string of the molecule is CCN(CC)CCCCCOC(C)(C)C. The van der Waals surface area contributed by atoms with Gasteiger partial charge in [-0.3, -0.25) is 0 Å². The Morgan fingerprint density at radius 2 is 1.53 bits per heavy atom. The Bertz CT molecular complexity index is 136. The van der Waals surface area contributed by atoms with Crippen molar-refractivity contribution in [1.29, 1.82) is 0 Å². The topological polar surface area (TPSA) is 12.5 Å². The Hall–Kier alpha value is -0.0800. The second kappa shape index (κ2) is 8.12. The normalized spacial score (nSPS) is 12.4. The van der Waals surface area contributed by atoms with Crippen LogP contribution in [0.3, 0.4) is 0 Å². The first kappa shape index (κ1) is 14.9. The molecule has 0 aromatic rings. The Labute approximate surface area is 96.0 Å². The molecule has 0 aliphatic carbocycles. The van der Waals surface area contributed by atoms with Crippen LogP contribution in [0, 0.1) is 0 Å². The molecule has 0 rings (SSSR count). The number of hydrogen-bond donors (Lipinski definition) is 0. The van der Waals surface area contributed by atoms with Gasteiger partial charge in [-0.15, -0.1) is 0 Å². The molecule has 0 bridgehead atoms. The summed E-state index contributed by atoms with van der Waals surface area (Å²) in [6.45, 7) is 15.3. The van der Waals surface area contributed by atoms with Crippen LogP contribution in [-0.4, -0.2) is 36.7 Å². The number of ether oxygens (including phenoxy) is 1. The van der Waals surface area contributed by atoms with Gasteiger partial charge in [-0.05, 0) is 59.7 Å². The second-order valence-corrected chi connectivity index (χ2v) is 5.05. The summed E-state index contributed by atoms with van der Waals surface area (Å²) in [5.41, 5.74) is 0.0267. The number of hydrogen-bond acceptors (Lipinski definition) is 2. The summed E-state index contributed by atoms with van der Waals surface area (Å²) >= 11 is 0. The predicted molar refractivity (Wildman–Crippen MR) is 67.3 cm³/mol. The summed E-state index contributed by atoms with van der Waals surface area (Å²) in [6, 6.07) is 0. The monoisotopic (exact) mass is 215 g/mol. The minimum Gasteiger partial charge on any atom is -0.376 e. The molecular weight excluding hydrogens is 186 g/mol. The van der Waals surface area contributed by atoms with Gasteiger partial charge in [0.1, 0.15) is 0 Å². The predicted octanol–water partition coefficient (Wildman–Crippen LogP) is 3.31. The Balaban J connectivity index is 3.25. The van der Waals surface area contributed by atoms with E-state index in [0.717, 1.165) is 6.61 Å². The fourth-order valence-electron chi connectivity index (χ4n) is 1.53. The number of rotatable bonds is 8. The van der Waals surface area contributed by atoms with Crippen molar-refractivity contribution >= 4 is 0 Å². The van der Waals surface area contributed by atoms with Crippen LogP contribution < -0.4 is 0 Å². The van der Waals surface area contributed by atoms with Crippen molar-refractivity contribution in [2.24, 2.45) is 0 Å². The van der Waals surface area contributed by atoms with Gasteiger partial charge in [-0.1, -0.05) is 13.8 Å². The molecule has 0 fully saturated rings. The molecule has 0 spiro atoms. The summed E-state index contributed by atoms with van der Waals surface area (Å²) in [5, 5.41) is 0. The third-order valence-corrected chi connectivity index (χ3v) is 2.55. The lowest BCUT2D eigenvalue weighted by molar-refractivity contribution is -0.00486. The Kier molecular flexibility index (Phi) is 8.07. The van der Waals surface area contributed by atoms with Crippen molar-refractivity contribution in [2.45, 2.75) is 59.5 Å². The molecule has 0 saturated heterocycles. The average molecular weight is 215 g/mol. The summed E-state index contributed by atoms with van der Waals surface area (Å²) in [5.74, 6) is 0. The minimum atomic E-state index is 0.0267. The van der Waals surface area contributed by atoms with Gasteiger partial charge in [0.15, 0.2) is 0 Å². The van der Waals surface area contributed by atoms with Crippen LogP contribution in [0.2, 0.25) is 0 Å². The first-order valence-electron chi connectivity index (χ1n) is 6.36. The van der Waals surface area contributed by atoms with Gasteiger partial charge in [0.2, 0.25) is 0 Å². The molecule has 15 heavy (non-hydrogen) atoms. The van der Waals surface area contributed by atoms with Crippen molar-refractivity contribution in [1.82, 2.24) is 4.90 Å². The number of nitrogens with zero attached hydrogens (tertiary/aromatic N) is 1. The fraction of sp³-hybridized carbons (Fsp3) is 1.00. The van der Waals surface area contributed by atoms with Crippen LogP contribution in [0.4, 0.5) is 0 Å². The van der Waals surface area contributed by atoms with Crippen molar-refractivity contribution < 1.29 is 4.74 Å². The summed E-state index contributed by atoms with van der Waals surface area (Å²) in [6.07, 6.45) is 3.78. The second-order valence-electron chi connectivity index (χ2n) is 5.05. The average Bonchev–Trinajstić information content (AvgIpc) is 2.15. The van der Waals surface area contributed by atoms with E-state index in [2.05, 4.69) is 39.5 Å². The van der Waals surface area contributed by atoms with Gasteiger partial charge in [-0.2, -0.15) is 0 Å². The van der Waals surface area contributed by atoms with E-state index in [1.165, 1.54) is 38.9 Å². The van der Waals surface area contributed by atoms with E-state index in [9.17, 15) is 0 Å². The zero-order chi connectivity index (χ0) is 11.7. The molecule has 0 aliphatic heterocycles. The van der Waals surface area contributed by atoms with E-state index in [1.54, 1.807) is 0 Å². The largest absolute Gasteiger partial charge is 0.376 e. The van der Waals surface area contributed by atoms with Crippen LogP contribution in [-0.2, 0) is 4.74 Å². The van der Waals surface area contributed by atoms with Crippen LogP contribution in [0.25, 0.3) is 0 Å². The van der Waals surface area contributed by atoms with E-state index in [1.807, 2.05) is 0 Å². The fourth-order valence-corrected chi connectivity index (χ4v) is 1.53. The Morgan fingerprint density at radius 3 is 2.00 bits per heavy atom. The van der Waals surface area contributed by atoms with E-state index in [4.69, 9.17) is 4.74 Å². The van der Waals surface area contributed by atoms with Crippen molar-refractivity contribution in [3.05, 3.63) is 0 Å². The number of unbranched alkanes of at least 4 members (excludes halogenated alkanes) is 2. The van der Waals surface area contributed by atoms with E-state index >= 15 is 0 Å². The highest BCUT2D eigenvalue weighted by molar-refractivity contribution is 4.59. The van der Waals surface area contributed by atoms with Crippen LogP contribution in [0.5, 0.6) is 0 Å². The minimum absolute atomic E-state index is 0.0267. The molecule has 0 saturated carbocycles. The van der Waals surface area contributed by atoms with E-state index in [0.29, 0.717) is 0 Å². The lowest BCUT2D eigenvalue weighted by atomic mass is 10.2. The molecule has 0 aromatic heterocycles. The quantitative estimate of drug-likeness (QED) is 0.576. The van der Waals surface area contributed by atoms with Crippen molar-refractivity contribution in [3.8, 4) is 0 Å². The maximum atomic E-state index is 5.68. The molecule has 0 unspecified atom stereocenters. The highest BCUT2D eigenvalue weighted by Gasteiger charge is 2.08. The van der Waals surface area contributed by atoms with Crippen LogP contribution >= 0.6 is 0 Å². The van der Waals surface area contributed by atoms with E-state index in [-0.39, 0.29) is 5.60 Å². The third-order valence-electron chi connectivity index (χ3n) is 2.55.